The van der Waals surface area contributed by atoms with Crippen molar-refractivity contribution in [1.29, 1.82) is 0 Å². The average molecular weight is 254 g/mol. The van der Waals surface area contributed by atoms with Crippen molar-refractivity contribution < 1.29 is 10.1 Å². The van der Waals surface area contributed by atoms with E-state index in [0.29, 0.717) is 5.69 Å². The van der Waals surface area contributed by atoms with Crippen molar-refractivity contribution >= 4 is 41.5 Å². The van der Waals surface area contributed by atoms with Crippen LogP contribution in [-0.4, -0.2) is 25.1 Å². The van der Waals surface area contributed by atoms with Gasteiger partial charge in [0.1, 0.15) is 0 Å². The summed E-state index contributed by atoms with van der Waals surface area (Å²) in [5, 5.41) is 14.0. The van der Waals surface area contributed by atoms with Crippen molar-refractivity contribution in [2.45, 2.75) is 0 Å². The second-order valence-corrected chi connectivity index (χ2v) is 4.35. The van der Waals surface area contributed by atoms with Gasteiger partial charge < -0.3 is 24.0 Å². The quantitative estimate of drug-likeness (QED) is 0.544. The normalized spacial score (nSPS) is 10.6. The van der Waals surface area contributed by atoms with Crippen molar-refractivity contribution in [3.05, 3.63) is 72.3 Å². The fourth-order valence-corrected chi connectivity index (χ4v) is 2.12. The molecular formula is C17H13LiNO-. The number of fused-ring (bicyclic) bond motifs is 1. The summed E-state index contributed by atoms with van der Waals surface area (Å²) in [6.45, 7) is 0. The third-order valence-electron chi connectivity index (χ3n) is 3.09. The van der Waals surface area contributed by atoms with E-state index in [1.54, 1.807) is 18.2 Å². The standard InChI is InChI=1S/C17H13NO.Li/c19-17-11-4-3-10-16(17)18-12-14-8-5-7-13-6-1-2-9-15(13)14;/h1-12,19H;/q;-1. The van der Waals surface area contributed by atoms with Gasteiger partial charge in [-0.25, -0.2) is 4.99 Å². The molecule has 0 aliphatic heterocycles. The van der Waals surface area contributed by atoms with E-state index in [4.69, 9.17) is 0 Å². The average Bonchev–Trinajstić information content (AvgIpc) is 2.46. The Morgan fingerprint density at radius 3 is 2.35 bits per heavy atom. The van der Waals surface area contributed by atoms with Crippen LogP contribution in [-0.2, 0) is 0 Å². The van der Waals surface area contributed by atoms with Gasteiger partial charge in [-0.15, -0.1) is 0 Å². The summed E-state index contributed by atoms with van der Waals surface area (Å²) in [4.78, 5) is 3.08. The van der Waals surface area contributed by atoms with E-state index in [1.807, 2.05) is 36.5 Å². The Morgan fingerprint density at radius 2 is 1.50 bits per heavy atom. The second kappa shape index (κ2) is 6.43. The predicted molar refractivity (Wildman–Crippen MR) is 81.4 cm³/mol. The van der Waals surface area contributed by atoms with Gasteiger partial charge in [-0.05, 0) is 22.6 Å². The summed E-state index contributed by atoms with van der Waals surface area (Å²) >= 11 is 0. The molecule has 0 bridgehead atoms. The van der Waals surface area contributed by atoms with Crippen molar-refractivity contribution in [3.63, 3.8) is 0 Å². The zero-order valence-electron chi connectivity index (χ0n) is 11.3. The molecule has 0 atom stereocenters. The zero-order chi connectivity index (χ0) is 13.1. The molecule has 3 aromatic rings. The van der Waals surface area contributed by atoms with Crippen LogP contribution in [0.3, 0.4) is 0 Å². The van der Waals surface area contributed by atoms with Crippen molar-refractivity contribution in [3.8, 4) is 5.75 Å². The van der Waals surface area contributed by atoms with Crippen LogP contribution >= 0.6 is 0 Å². The molecule has 20 heavy (non-hydrogen) atoms. The summed E-state index contributed by atoms with van der Waals surface area (Å²) in [5.74, 6) is -0.000938. The topological polar surface area (TPSA) is 37.0 Å². The first-order valence-electron chi connectivity index (χ1n) is 6.18. The maximum absolute atomic E-state index is 11.6. The Balaban J connectivity index is 0.00000147. The van der Waals surface area contributed by atoms with Gasteiger partial charge in [0.15, 0.2) is 11.9 Å². The van der Waals surface area contributed by atoms with Crippen LogP contribution in [0, 0.1) is 0 Å². The van der Waals surface area contributed by atoms with Crippen molar-refractivity contribution in [2.75, 3.05) is 0 Å². The Hall–Kier alpha value is -2.01. The van der Waals surface area contributed by atoms with Crippen LogP contribution in [0.5, 0.6) is 5.75 Å². The minimum absolute atomic E-state index is 0. The van der Waals surface area contributed by atoms with Crippen LogP contribution in [0.25, 0.3) is 10.8 Å². The number of rotatable bonds is 2. The summed E-state index contributed by atoms with van der Waals surface area (Å²) in [5.41, 5.74) is 1.66. The Kier molecular flexibility index (Phi) is 4.63. The van der Waals surface area contributed by atoms with Crippen LogP contribution < -0.4 is 10.1 Å². The SMILES string of the molecule is [Li-].[O-]c1ccccc1[NH+]=Cc1cccc2ccccc12. The van der Waals surface area contributed by atoms with E-state index in [0.717, 1.165) is 5.56 Å². The number of hydrogen-bond acceptors (Lipinski definition) is 1. The van der Waals surface area contributed by atoms with Crippen LogP contribution in [0.2, 0.25) is 0 Å². The van der Waals surface area contributed by atoms with E-state index in [9.17, 15) is 5.11 Å². The number of para-hydroxylation sites is 2. The first-order chi connectivity index (χ1) is 9.34. The van der Waals surface area contributed by atoms with E-state index in [2.05, 4.69) is 23.2 Å². The summed E-state index contributed by atoms with van der Waals surface area (Å²) < 4.78 is 0. The van der Waals surface area contributed by atoms with Gasteiger partial charge in [0.25, 0.3) is 0 Å². The van der Waals surface area contributed by atoms with Gasteiger partial charge in [-0.2, -0.15) is 0 Å². The molecule has 0 amide bonds. The van der Waals surface area contributed by atoms with Crippen LogP contribution in [0.4, 0.5) is 5.69 Å². The molecule has 0 saturated carbocycles. The predicted octanol–water partition coefficient (Wildman–Crippen LogP) is 1.36. The monoisotopic (exact) mass is 254 g/mol. The first kappa shape index (κ1) is 14.4. The maximum Gasteiger partial charge on any atom is 0.195 e. The molecule has 0 heterocycles. The van der Waals surface area contributed by atoms with Gasteiger partial charge in [0.2, 0.25) is 0 Å². The number of benzene rings is 3. The molecule has 0 aromatic heterocycles. The number of hydrogen-bond donors (Lipinski definition) is 1. The molecule has 1 N–H and O–H groups in total. The largest absolute Gasteiger partial charge is 1.00 e. The zero-order valence-corrected chi connectivity index (χ0v) is 11.3. The van der Waals surface area contributed by atoms with Gasteiger partial charge in [0.05, 0.1) is 0 Å². The molecule has 0 aliphatic rings. The minimum Gasteiger partial charge on any atom is -1.00 e. The van der Waals surface area contributed by atoms with Gasteiger partial charge in [-0.3, -0.25) is 0 Å². The summed E-state index contributed by atoms with van der Waals surface area (Å²) in [6, 6.07) is 21.2. The molecule has 0 saturated heterocycles. The Bertz CT molecular complexity index is 747. The fraction of sp³-hybridized carbons (Fsp3) is 0. The molecule has 0 aliphatic carbocycles. The van der Waals surface area contributed by atoms with Crippen molar-refractivity contribution in [1.82, 2.24) is 0 Å². The molecule has 3 aromatic carbocycles. The van der Waals surface area contributed by atoms with Gasteiger partial charge in [0, 0.05) is 11.6 Å². The van der Waals surface area contributed by atoms with E-state index >= 15 is 0 Å². The van der Waals surface area contributed by atoms with Crippen LogP contribution in [0.1, 0.15) is 5.56 Å². The smallest absolute Gasteiger partial charge is 0.195 e. The molecule has 2 nitrogen and oxygen atoms in total. The van der Waals surface area contributed by atoms with E-state index < -0.39 is 0 Å². The number of nitrogens with one attached hydrogen (secondary N) is 1. The fourth-order valence-electron chi connectivity index (χ4n) is 2.12. The molecule has 3 heteroatoms. The Labute approximate surface area is 130 Å². The van der Waals surface area contributed by atoms with Gasteiger partial charge in [-0.1, -0.05) is 54.6 Å². The maximum atomic E-state index is 11.6. The molecule has 94 valence electrons. The molecule has 2 radical (unpaired) electrons. The molecule has 0 fully saturated rings. The van der Waals surface area contributed by atoms with Crippen LogP contribution in [0.15, 0.2) is 66.7 Å². The molecule has 0 spiro atoms. The second-order valence-electron chi connectivity index (χ2n) is 4.35. The first-order valence-corrected chi connectivity index (χ1v) is 6.18. The third-order valence-corrected chi connectivity index (χ3v) is 3.09. The third kappa shape index (κ3) is 2.93. The van der Waals surface area contributed by atoms with E-state index in [1.165, 1.54) is 10.8 Å². The van der Waals surface area contributed by atoms with Gasteiger partial charge >= 0.3 is 0 Å². The summed E-state index contributed by atoms with van der Waals surface area (Å²) in [7, 11) is 0. The van der Waals surface area contributed by atoms with Crippen molar-refractivity contribution in [2.24, 2.45) is 0 Å². The molecular weight excluding hydrogens is 241 g/mol. The molecule has 0 unspecified atom stereocenters. The molecule has 3 rings (SSSR count). The van der Waals surface area contributed by atoms with E-state index in [-0.39, 0.29) is 24.6 Å². The Morgan fingerprint density at radius 1 is 0.800 bits per heavy atom. The minimum atomic E-state index is -0.000938. The summed E-state index contributed by atoms with van der Waals surface area (Å²) in [6.07, 6.45) is 1.87.